The van der Waals surface area contributed by atoms with Gasteiger partial charge in [0.15, 0.2) is 0 Å². The number of carbonyl (C=O) groups excluding carboxylic acids is 2. The molecular formula is C22H26N2O4S. The average molecular weight is 415 g/mol. The molecule has 2 amide bonds. The van der Waals surface area contributed by atoms with Gasteiger partial charge in [-0.2, -0.15) is 0 Å². The highest BCUT2D eigenvalue weighted by atomic mass is 32.1. The van der Waals surface area contributed by atoms with Gasteiger partial charge in [0.25, 0.3) is 5.91 Å². The quantitative estimate of drug-likeness (QED) is 0.641. The van der Waals surface area contributed by atoms with Crippen molar-refractivity contribution >= 4 is 34.1 Å². The van der Waals surface area contributed by atoms with E-state index in [9.17, 15) is 14.4 Å². The van der Waals surface area contributed by atoms with E-state index in [-0.39, 0.29) is 23.7 Å². The Labute approximate surface area is 174 Å². The third kappa shape index (κ3) is 5.67. The molecule has 1 saturated carbocycles. The Morgan fingerprint density at radius 3 is 2.38 bits per heavy atom. The van der Waals surface area contributed by atoms with Gasteiger partial charge in [-0.25, -0.2) is 0 Å². The van der Waals surface area contributed by atoms with Crippen LogP contribution in [0.2, 0.25) is 0 Å². The SMILES string of the molecule is Cc1cc(C(=O)NCCc2ccccc2)c(NC(=O)C2CCC(C(=O)O)CC2)s1. The number of hydrogen-bond acceptors (Lipinski definition) is 4. The van der Waals surface area contributed by atoms with E-state index < -0.39 is 5.97 Å². The standard InChI is InChI=1S/C22H26N2O4S/c1-14-13-18(20(26)23-12-11-15-5-3-2-4-6-15)21(29-14)24-19(25)16-7-9-17(10-8-16)22(27)28/h2-6,13,16-17H,7-12H2,1H3,(H,23,26)(H,24,25)(H,27,28). The Kier molecular flexibility index (Phi) is 7.04. The third-order valence-corrected chi connectivity index (χ3v) is 6.29. The maximum absolute atomic E-state index is 12.6. The fourth-order valence-electron chi connectivity index (χ4n) is 3.65. The predicted molar refractivity (Wildman–Crippen MR) is 113 cm³/mol. The van der Waals surface area contributed by atoms with Gasteiger partial charge >= 0.3 is 5.97 Å². The van der Waals surface area contributed by atoms with Crippen molar-refractivity contribution in [2.45, 2.75) is 39.0 Å². The van der Waals surface area contributed by atoms with Crippen molar-refractivity contribution in [3.63, 3.8) is 0 Å². The Balaban J connectivity index is 1.56. The van der Waals surface area contributed by atoms with Gasteiger partial charge in [0.1, 0.15) is 5.00 Å². The minimum absolute atomic E-state index is 0.131. The first kappa shape index (κ1) is 21.0. The van der Waals surface area contributed by atoms with Crippen molar-refractivity contribution in [1.29, 1.82) is 0 Å². The van der Waals surface area contributed by atoms with Gasteiger partial charge < -0.3 is 15.7 Å². The van der Waals surface area contributed by atoms with E-state index in [1.54, 1.807) is 6.07 Å². The summed E-state index contributed by atoms with van der Waals surface area (Å²) >= 11 is 1.38. The normalized spacial score (nSPS) is 18.8. The largest absolute Gasteiger partial charge is 0.481 e. The summed E-state index contributed by atoms with van der Waals surface area (Å²) in [6.45, 7) is 2.42. The Hall–Kier alpha value is -2.67. The molecule has 1 aromatic carbocycles. The lowest BCUT2D eigenvalue weighted by molar-refractivity contribution is -0.143. The molecule has 3 N–H and O–H groups in total. The van der Waals surface area contributed by atoms with Crippen LogP contribution in [0.5, 0.6) is 0 Å². The van der Waals surface area contributed by atoms with E-state index >= 15 is 0 Å². The summed E-state index contributed by atoms with van der Waals surface area (Å²) < 4.78 is 0. The summed E-state index contributed by atoms with van der Waals surface area (Å²) in [5.41, 5.74) is 1.63. The smallest absolute Gasteiger partial charge is 0.306 e. The summed E-state index contributed by atoms with van der Waals surface area (Å²) in [6.07, 6.45) is 2.90. The molecular weight excluding hydrogens is 388 g/mol. The topological polar surface area (TPSA) is 95.5 Å². The van der Waals surface area contributed by atoms with E-state index in [0.717, 1.165) is 16.9 Å². The molecule has 6 nitrogen and oxygen atoms in total. The molecule has 7 heteroatoms. The van der Waals surface area contributed by atoms with Crippen LogP contribution in [0.15, 0.2) is 36.4 Å². The van der Waals surface area contributed by atoms with E-state index in [2.05, 4.69) is 10.6 Å². The Bertz CT molecular complexity index is 870. The number of carbonyl (C=O) groups is 3. The average Bonchev–Trinajstić information content (AvgIpc) is 3.09. The molecule has 0 aliphatic heterocycles. The number of nitrogens with one attached hydrogen (secondary N) is 2. The lowest BCUT2D eigenvalue weighted by Crippen LogP contribution is -2.30. The number of benzene rings is 1. The molecule has 0 bridgehead atoms. The number of carboxylic acid groups (broad SMARTS) is 1. The van der Waals surface area contributed by atoms with Crippen LogP contribution in [0.1, 0.15) is 46.5 Å². The maximum Gasteiger partial charge on any atom is 0.306 e. The molecule has 1 aliphatic carbocycles. The number of anilines is 1. The van der Waals surface area contributed by atoms with Gasteiger partial charge in [-0.1, -0.05) is 30.3 Å². The molecule has 0 radical (unpaired) electrons. The molecule has 154 valence electrons. The third-order valence-electron chi connectivity index (χ3n) is 5.33. The zero-order chi connectivity index (χ0) is 20.8. The van der Waals surface area contributed by atoms with Crippen LogP contribution in [0, 0.1) is 18.8 Å². The van der Waals surface area contributed by atoms with Gasteiger partial charge in [-0.3, -0.25) is 14.4 Å². The zero-order valence-corrected chi connectivity index (χ0v) is 17.3. The highest BCUT2D eigenvalue weighted by molar-refractivity contribution is 7.16. The maximum atomic E-state index is 12.6. The first-order valence-electron chi connectivity index (χ1n) is 9.90. The second-order valence-electron chi connectivity index (χ2n) is 7.47. The zero-order valence-electron chi connectivity index (χ0n) is 16.4. The van der Waals surface area contributed by atoms with Crippen molar-refractivity contribution in [1.82, 2.24) is 5.32 Å². The van der Waals surface area contributed by atoms with E-state index in [1.807, 2.05) is 37.3 Å². The fourth-order valence-corrected chi connectivity index (χ4v) is 4.56. The Morgan fingerprint density at radius 1 is 1.07 bits per heavy atom. The molecule has 1 aromatic heterocycles. The highest BCUT2D eigenvalue weighted by Gasteiger charge is 2.30. The number of rotatable bonds is 7. The second-order valence-corrected chi connectivity index (χ2v) is 8.72. The minimum Gasteiger partial charge on any atom is -0.481 e. The van der Waals surface area contributed by atoms with Crippen molar-refractivity contribution < 1.29 is 19.5 Å². The van der Waals surface area contributed by atoms with Crippen molar-refractivity contribution in [3.8, 4) is 0 Å². The first-order chi connectivity index (χ1) is 13.9. The molecule has 1 aliphatic rings. The van der Waals surface area contributed by atoms with E-state index in [0.29, 0.717) is 42.8 Å². The van der Waals surface area contributed by atoms with Gasteiger partial charge in [0.2, 0.25) is 5.91 Å². The minimum atomic E-state index is -0.785. The Morgan fingerprint density at radius 2 is 1.72 bits per heavy atom. The number of aliphatic carboxylic acids is 1. The highest BCUT2D eigenvalue weighted by Crippen LogP contribution is 2.32. The van der Waals surface area contributed by atoms with Crippen LogP contribution in [0.4, 0.5) is 5.00 Å². The van der Waals surface area contributed by atoms with Gasteiger partial charge in [0, 0.05) is 17.3 Å². The second kappa shape index (κ2) is 9.69. The number of carboxylic acids is 1. The monoisotopic (exact) mass is 414 g/mol. The van der Waals surface area contributed by atoms with Crippen molar-refractivity contribution in [2.24, 2.45) is 11.8 Å². The summed E-state index contributed by atoms with van der Waals surface area (Å²) in [5, 5.41) is 15.5. The lowest BCUT2D eigenvalue weighted by atomic mass is 9.81. The summed E-state index contributed by atoms with van der Waals surface area (Å²) in [6, 6.07) is 11.7. The number of thiophene rings is 1. The lowest BCUT2D eigenvalue weighted by Gasteiger charge is -2.25. The molecule has 3 rings (SSSR count). The molecule has 0 unspecified atom stereocenters. The van der Waals surface area contributed by atoms with Gasteiger partial charge in [-0.05, 0) is 50.7 Å². The van der Waals surface area contributed by atoms with Crippen LogP contribution in [-0.4, -0.2) is 29.4 Å². The number of amides is 2. The molecule has 29 heavy (non-hydrogen) atoms. The summed E-state index contributed by atoms with van der Waals surface area (Å²) in [4.78, 5) is 37.3. The molecule has 0 atom stereocenters. The van der Waals surface area contributed by atoms with Gasteiger partial charge in [-0.15, -0.1) is 11.3 Å². The van der Waals surface area contributed by atoms with E-state index in [4.69, 9.17) is 5.11 Å². The predicted octanol–water partition coefficient (Wildman–Crippen LogP) is 3.86. The van der Waals surface area contributed by atoms with Crippen LogP contribution in [0.25, 0.3) is 0 Å². The van der Waals surface area contributed by atoms with Gasteiger partial charge in [0.05, 0.1) is 11.5 Å². The van der Waals surface area contributed by atoms with Crippen molar-refractivity contribution in [2.75, 3.05) is 11.9 Å². The van der Waals surface area contributed by atoms with Crippen LogP contribution < -0.4 is 10.6 Å². The van der Waals surface area contributed by atoms with Crippen LogP contribution in [-0.2, 0) is 16.0 Å². The summed E-state index contributed by atoms with van der Waals surface area (Å²) in [7, 11) is 0. The molecule has 2 aromatic rings. The molecule has 0 saturated heterocycles. The fraction of sp³-hybridized carbons (Fsp3) is 0.409. The van der Waals surface area contributed by atoms with Crippen LogP contribution in [0.3, 0.4) is 0 Å². The molecule has 0 spiro atoms. The van der Waals surface area contributed by atoms with Crippen molar-refractivity contribution in [3.05, 3.63) is 52.4 Å². The van der Waals surface area contributed by atoms with E-state index in [1.165, 1.54) is 11.3 Å². The molecule has 1 fully saturated rings. The molecule has 1 heterocycles. The first-order valence-corrected chi connectivity index (χ1v) is 10.7. The number of hydrogen-bond donors (Lipinski definition) is 3. The number of aryl methyl sites for hydroxylation is 1. The van der Waals surface area contributed by atoms with Crippen LogP contribution >= 0.6 is 11.3 Å². The summed E-state index contributed by atoms with van der Waals surface area (Å²) in [5.74, 6) is -1.67.